The van der Waals surface area contributed by atoms with Gasteiger partial charge >= 0.3 is 5.97 Å². The molecule has 8 nitrogen and oxygen atoms in total. The van der Waals surface area contributed by atoms with Gasteiger partial charge in [0.1, 0.15) is 6.61 Å². The normalized spacial score (nSPS) is 14.8. The molecule has 3 aromatic rings. The fraction of sp³-hybridized carbons (Fsp3) is 0.188. The molecule has 1 amide bonds. The minimum absolute atomic E-state index is 0.166. The number of nitriles is 1. The minimum atomic E-state index is -1.01. The standard InChI is InChI=1S/C32H29N3O5S/c1-4-9-23-16-21(17-27(39-6-3)29(23)40-20-25-11-8-7-10-24(25)19-33)18-28-30(36)35(5-2)32(41-28)34-26-14-12-22(13-15-26)31(37)38/h4,7-8,10-18H,1,5-6,9,20H2,2-3H3,(H,37,38)/b28-18-,34-32?. The third-order valence-corrected chi connectivity index (χ3v) is 7.18. The summed E-state index contributed by atoms with van der Waals surface area (Å²) in [5, 5.41) is 19.1. The number of carboxylic acid groups (broad SMARTS) is 1. The first-order valence-corrected chi connectivity index (χ1v) is 13.8. The van der Waals surface area contributed by atoms with Gasteiger partial charge in [-0.15, -0.1) is 6.58 Å². The Morgan fingerprint density at radius 3 is 2.54 bits per heavy atom. The first-order chi connectivity index (χ1) is 19.9. The lowest BCUT2D eigenvalue weighted by Gasteiger charge is -2.17. The Kier molecular flexibility index (Phi) is 9.61. The second kappa shape index (κ2) is 13.5. The van der Waals surface area contributed by atoms with Crippen molar-refractivity contribution in [2.75, 3.05) is 13.2 Å². The Bertz CT molecular complexity index is 1570. The average Bonchev–Trinajstić information content (AvgIpc) is 3.26. The second-order valence-corrected chi connectivity index (χ2v) is 9.91. The number of likely N-dealkylation sites (N-methyl/N-ethyl adjacent to an activating group) is 1. The SMILES string of the molecule is C=CCc1cc(/C=C2\SC(=Nc3ccc(C(=O)O)cc3)N(CC)C2=O)cc(OCC)c1OCc1ccccc1C#N. The Balaban J connectivity index is 1.67. The number of nitrogens with zero attached hydrogens (tertiary/aromatic N) is 3. The number of amides is 1. The van der Waals surface area contributed by atoms with Gasteiger partial charge in [0, 0.05) is 17.7 Å². The number of aliphatic imine (C=N–C) groups is 1. The number of rotatable bonds is 11. The van der Waals surface area contributed by atoms with Crippen LogP contribution >= 0.6 is 11.8 Å². The highest BCUT2D eigenvalue weighted by Crippen LogP contribution is 2.38. The molecule has 208 valence electrons. The molecular weight excluding hydrogens is 538 g/mol. The van der Waals surface area contributed by atoms with Crippen molar-refractivity contribution in [1.82, 2.24) is 4.90 Å². The van der Waals surface area contributed by atoms with Crippen molar-refractivity contribution in [3.8, 4) is 17.6 Å². The first kappa shape index (κ1) is 29.2. The van der Waals surface area contributed by atoms with Crippen molar-refractivity contribution in [3.05, 3.63) is 106 Å². The molecule has 3 aromatic carbocycles. The highest BCUT2D eigenvalue weighted by Gasteiger charge is 2.32. The Labute approximate surface area is 243 Å². The van der Waals surface area contributed by atoms with Gasteiger partial charge in [-0.25, -0.2) is 9.79 Å². The number of benzene rings is 3. The molecule has 1 N–H and O–H groups in total. The predicted molar refractivity (Wildman–Crippen MR) is 160 cm³/mol. The Hall–Kier alpha value is -4.81. The number of thioether (sulfide) groups is 1. The van der Waals surface area contributed by atoms with E-state index in [4.69, 9.17) is 14.6 Å². The van der Waals surface area contributed by atoms with Crippen LogP contribution < -0.4 is 9.47 Å². The molecule has 0 unspecified atom stereocenters. The third-order valence-electron chi connectivity index (χ3n) is 6.17. The van der Waals surface area contributed by atoms with Crippen LogP contribution in [-0.4, -0.2) is 40.2 Å². The number of allylic oxidation sites excluding steroid dienone is 1. The lowest BCUT2D eigenvalue weighted by molar-refractivity contribution is -0.122. The molecule has 0 radical (unpaired) electrons. The van der Waals surface area contributed by atoms with Gasteiger partial charge in [-0.2, -0.15) is 5.26 Å². The summed E-state index contributed by atoms with van der Waals surface area (Å²) in [5.41, 5.74) is 3.63. The Morgan fingerprint density at radius 2 is 1.88 bits per heavy atom. The van der Waals surface area contributed by atoms with Crippen molar-refractivity contribution in [2.24, 2.45) is 4.99 Å². The molecule has 1 saturated heterocycles. The Morgan fingerprint density at radius 1 is 1.12 bits per heavy atom. The second-order valence-electron chi connectivity index (χ2n) is 8.90. The molecule has 0 aliphatic carbocycles. The number of amidine groups is 1. The van der Waals surface area contributed by atoms with E-state index in [1.54, 1.807) is 35.3 Å². The van der Waals surface area contributed by atoms with Gasteiger partial charge in [0.2, 0.25) is 0 Å². The zero-order valence-electron chi connectivity index (χ0n) is 22.8. The van der Waals surface area contributed by atoms with Crippen LogP contribution in [0.5, 0.6) is 11.5 Å². The summed E-state index contributed by atoms with van der Waals surface area (Å²) in [5.74, 6) is -0.0895. The van der Waals surface area contributed by atoms with Crippen molar-refractivity contribution >= 4 is 40.6 Å². The van der Waals surface area contributed by atoms with Crippen LogP contribution in [-0.2, 0) is 17.8 Å². The summed E-state index contributed by atoms with van der Waals surface area (Å²) in [6.45, 7) is 8.67. The van der Waals surface area contributed by atoms with Crippen LogP contribution in [0.4, 0.5) is 5.69 Å². The summed E-state index contributed by atoms with van der Waals surface area (Å²) < 4.78 is 12.2. The highest BCUT2D eigenvalue weighted by molar-refractivity contribution is 8.18. The molecule has 1 aliphatic heterocycles. The van der Waals surface area contributed by atoms with E-state index in [-0.39, 0.29) is 18.1 Å². The van der Waals surface area contributed by atoms with E-state index in [2.05, 4.69) is 17.6 Å². The summed E-state index contributed by atoms with van der Waals surface area (Å²) in [6, 6.07) is 19.4. The van der Waals surface area contributed by atoms with Gasteiger partial charge in [0.25, 0.3) is 5.91 Å². The average molecular weight is 568 g/mol. The third kappa shape index (κ3) is 6.86. The van der Waals surface area contributed by atoms with Crippen LogP contribution in [0, 0.1) is 11.3 Å². The molecule has 4 rings (SSSR count). The van der Waals surface area contributed by atoms with Crippen molar-refractivity contribution < 1.29 is 24.2 Å². The van der Waals surface area contributed by atoms with Gasteiger partial charge in [0.15, 0.2) is 16.7 Å². The maximum atomic E-state index is 13.3. The van der Waals surface area contributed by atoms with Gasteiger partial charge in [-0.3, -0.25) is 9.69 Å². The predicted octanol–water partition coefficient (Wildman–Crippen LogP) is 6.59. The molecule has 1 fully saturated rings. The van der Waals surface area contributed by atoms with Crippen molar-refractivity contribution in [2.45, 2.75) is 26.9 Å². The molecular formula is C32H29N3O5S. The monoisotopic (exact) mass is 567 g/mol. The molecule has 0 spiro atoms. The van der Waals surface area contributed by atoms with Gasteiger partial charge in [-0.05, 0) is 86.1 Å². The van der Waals surface area contributed by atoms with E-state index in [1.165, 1.54) is 23.9 Å². The van der Waals surface area contributed by atoms with E-state index >= 15 is 0 Å². The highest BCUT2D eigenvalue weighted by atomic mass is 32.2. The van der Waals surface area contributed by atoms with E-state index in [1.807, 2.05) is 44.2 Å². The van der Waals surface area contributed by atoms with Gasteiger partial charge < -0.3 is 14.6 Å². The molecule has 0 bridgehead atoms. The molecule has 0 aromatic heterocycles. The summed E-state index contributed by atoms with van der Waals surface area (Å²) in [4.78, 5) is 31.1. The van der Waals surface area contributed by atoms with Crippen molar-refractivity contribution in [1.29, 1.82) is 5.26 Å². The fourth-order valence-corrected chi connectivity index (χ4v) is 5.28. The number of aromatic carboxylic acids is 1. The molecule has 0 saturated carbocycles. The lowest BCUT2D eigenvalue weighted by atomic mass is 10.0. The smallest absolute Gasteiger partial charge is 0.335 e. The maximum Gasteiger partial charge on any atom is 0.335 e. The van der Waals surface area contributed by atoms with E-state index in [0.29, 0.717) is 52.4 Å². The minimum Gasteiger partial charge on any atom is -0.490 e. The summed E-state index contributed by atoms with van der Waals surface area (Å²) >= 11 is 1.25. The zero-order chi connectivity index (χ0) is 29.4. The maximum absolute atomic E-state index is 13.3. The molecule has 41 heavy (non-hydrogen) atoms. The summed E-state index contributed by atoms with van der Waals surface area (Å²) in [6.07, 6.45) is 4.08. The topological polar surface area (TPSA) is 112 Å². The lowest BCUT2D eigenvalue weighted by Crippen LogP contribution is -2.28. The number of hydrogen-bond donors (Lipinski definition) is 1. The van der Waals surface area contributed by atoms with Crippen LogP contribution in [0.3, 0.4) is 0 Å². The van der Waals surface area contributed by atoms with Crippen LogP contribution in [0.2, 0.25) is 0 Å². The molecule has 1 aliphatic rings. The fourth-order valence-electron chi connectivity index (χ4n) is 4.22. The zero-order valence-corrected chi connectivity index (χ0v) is 23.6. The number of carbonyl (C=O) groups is 2. The number of carboxylic acids is 1. The van der Waals surface area contributed by atoms with Crippen LogP contribution in [0.25, 0.3) is 6.08 Å². The van der Waals surface area contributed by atoms with E-state index < -0.39 is 5.97 Å². The quantitative estimate of drug-likeness (QED) is 0.206. The van der Waals surface area contributed by atoms with Crippen LogP contribution in [0.15, 0.2) is 83.2 Å². The van der Waals surface area contributed by atoms with Crippen molar-refractivity contribution in [3.63, 3.8) is 0 Å². The number of carbonyl (C=O) groups excluding carboxylic acids is 1. The number of hydrogen-bond acceptors (Lipinski definition) is 7. The molecule has 0 atom stereocenters. The molecule has 1 heterocycles. The summed E-state index contributed by atoms with van der Waals surface area (Å²) in [7, 11) is 0. The molecule has 9 heteroatoms. The van der Waals surface area contributed by atoms with E-state index in [9.17, 15) is 14.9 Å². The largest absolute Gasteiger partial charge is 0.490 e. The first-order valence-electron chi connectivity index (χ1n) is 13.0. The van der Waals surface area contributed by atoms with Gasteiger partial charge in [-0.1, -0.05) is 24.3 Å². The van der Waals surface area contributed by atoms with E-state index in [0.717, 1.165) is 16.7 Å². The van der Waals surface area contributed by atoms with Gasteiger partial charge in [0.05, 0.1) is 34.4 Å². The number of ether oxygens (including phenoxy) is 2. The van der Waals surface area contributed by atoms with Crippen LogP contribution in [0.1, 0.15) is 46.5 Å².